The Kier molecular flexibility index (Phi) is 6.59. The molecule has 0 radical (unpaired) electrons. The lowest BCUT2D eigenvalue weighted by Crippen LogP contribution is -2.40. The van der Waals surface area contributed by atoms with E-state index in [1.807, 2.05) is 30.3 Å². The maximum Gasteiger partial charge on any atom is 0.253 e. The third kappa shape index (κ3) is 5.36. The summed E-state index contributed by atoms with van der Waals surface area (Å²) < 4.78 is 23.5. The van der Waals surface area contributed by atoms with E-state index in [4.69, 9.17) is 11.6 Å². The Morgan fingerprint density at radius 1 is 1.14 bits per heavy atom. The number of carbonyl (C=O) groups is 2. The van der Waals surface area contributed by atoms with Crippen molar-refractivity contribution in [2.75, 3.05) is 18.6 Å². The Hall–Kier alpha value is -2.38. The first-order valence-corrected chi connectivity index (χ1v) is 11.5. The molecule has 2 atom stereocenters. The van der Waals surface area contributed by atoms with Crippen LogP contribution in [0.1, 0.15) is 34.8 Å². The topological polar surface area (TPSA) is 83.6 Å². The van der Waals surface area contributed by atoms with Crippen molar-refractivity contribution >= 4 is 33.3 Å². The van der Waals surface area contributed by atoms with Crippen LogP contribution in [0.25, 0.3) is 0 Å². The monoisotopic (exact) mass is 434 g/mol. The third-order valence-corrected chi connectivity index (χ3v) is 7.23. The number of hydrogen-bond acceptors (Lipinski definition) is 4. The van der Waals surface area contributed by atoms with E-state index in [2.05, 4.69) is 5.32 Å². The van der Waals surface area contributed by atoms with Crippen molar-refractivity contribution in [1.29, 1.82) is 0 Å². The first kappa shape index (κ1) is 21.3. The highest BCUT2D eigenvalue weighted by atomic mass is 35.5. The quantitative estimate of drug-likeness (QED) is 0.757. The molecule has 1 fully saturated rings. The zero-order chi connectivity index (χ0) is 21.0. The molecule has 2 aromatic rings. The Bertz CT molecular complexity index is 995. The lowest BCUT2D eigenvalue weighted by molar-refractivity contribution is -0.132. The van der Waals surface area contributed by atoms with Gasteiger partial charge in [0.1, 0.15) is 0 Å². The minimum Gasteiger partial charge on any atom is -0.345 e. The van der Waals surface area contributed by atoms with Crippen LogP contribution >= 0.6 is 11.6 Å². The van der Waals surface area contributed by atoms with E-state index in [0.717, 1.165) is 5.56 Å². The highest BCUT2D eigenvalue weighted by Gasteiger charge is 2.33. The fraction of sp³-hybridized carbons (Fsp3) is 0.333. The highest BCUT2D eigenvalue weighted by Crippen LogP contribution is 2.23. The second-order valence-corrected chi connectivity index (χ2v) is 9.82. The molecule has 1 saturated heterocycles. The molecule has 0 spiro atoms. The summed E-state index contributed by atoms with van der Waals surface area (Å²) in [6.07, 6.45) is 0.458. The van der Waals surface area contributed by atoms with Gasteiger partial charge in [-0.1, -0.05) is 54.1 Å². The molecular formula is C21H23ClN2O4S. The largest absolute Gasteiger partial charge is 0.345 e. The summed E-state index contributed by atoms with van der Waals surface area (Å²) in [6.45, 7) is 0. The highest BCUT2D eigenvalue weighted by molar-refractivity contribution is 7.91. The number of benzene rings is 2. The van der Waals surface area contributed by atoms with Gasteiger partial charge in [0.05, 0.1) is 34.6 Å². The summed E-state index contributed by atoms with van der Waals surface area (Å²) in [5.74, 6) is -0.513. The van der Waals surface area contributed by atoms with Crippen molar-refractivity contribution in [2.24, 2.45) is 0 Å². The molecule has 1 heterocycles. The predicted octanol–water partition coefficient (Wildman–Crippen LogP) is 2.85. The molecule has 3 rings (SSSR count). The predicted molar refractivity (Wildman–Crippen MR) is 113 cm³/mol. The van der Waals surface area contributed by atoms with Gasteiger partial charge in [-0.25, -0.2) is 8.42 Å². The van der Waals surface area contributed by atoms with E-state index < -0.39 is 15.9 Å². The maximum absolute atomic E-state index is 12.9. The molecule has 2 amide bonds. The molecule has 1 aliphatic rings. The fourth-order valence-corrected chi connectivity index (χ4v) is 5.42. The van der Waals surface area contributed by atoms with Crippen LogP contribution in [-0.4, -0.2) is 49.7 Å². The van der Waals surface area contributed by atoms with Gasteiger partial charge in [0, 0.05) is 13.1 Å². The molecular weight excluding hydrogens is 412 g/mol. The Morgan fingerprint density at radius 2 is 1.79 bits per heavy atom. The summed E-state index contributed by atoms with van der Waals surface area (Å²) in [4.78, 5) is 27.1. The average Bonchev–Trinajstić information content (AvgIpc) is 3.07. The van der Waals surface area contributed by atoms with Gasteiger partial charge < -0.3 is 10.2 Å². The zero-order valence-electron chi connectivity index (χ0n) is 16.0. The normalized spacial score (nSPS) is 18.8. The average molecular weight is 435 g/mol. The second-order valence-electron chi connectivity index (χ2n) is 7.18. The second kappa shape index (κ2) is 8.97. The number of nitrogens with one attached hydrogen (secondary N) is 1. The molecule has 0 aromatic heterocycles. The Morgan fingerprint density at radius 3 is 2.41 bits per heavy atom. The molecule has 0 unspecified atom stereocenters. The van der Waals surface area contributed by atoms with Gasteiger partial charge in [-0.3, -0.25) is 9.59 Å². The van der Waals surface area contributed by atoms with Crippen LogP contribution in [0.5, 0.6) is 0 Å². The van der Waals surface area contributed by atoms with E-state index in [-0.39, 0.29) is 35.8 Å². The van der Waals surface area contributed by atoms with E-state index >= 15 is 0 Å². The molecule has 29 heavy (non-hydrogen) atoms. The van der Waals surface area contributed by atoms with Crippen molar-refractivity contribution in [1.82, 2.24) is 10.2 Å². The van der Waals surface area contributed by atoms with Crippen molar-refractivity contribution < 1.29 is 18.0 Å². The molecule has 0 bridgehead atoms. The standard InChI is InChI=1S/C21H23ClN2O4S/c1-24(16-11-12-29(27,28)14-16)20(25)13-19(15-7-3-2-4-8-15)23-21(26)17-9-5-6-10-18(17)22/h2-10,16,19H,11-14H2,1H3,(H,23,26)/t16-,19+/m0/s1. The Labute approximate surface area is 175 Å². The molecule has 2 aromatic carbocycles. The number of carbonyl (C=O) groups excluding carboxylic acids is 2. The Balaban J connectivity index is 1.77. The number of hydrogen-bond donors (Lipinski definition) is 1. The van der Waals surface area contributed by atoms with Crippen LogP contribution in [0, 0.1) is 0 Å². The van der Waals surface area contributed by atoms with Crippen molar-refractivity contribution in [2.45, 2.75) is 24.9 Å². The first-order valence-electron chi connectivity index (χ1n) is 9.33. The number of halogens is 1. The van der Waals surface area contributed by atoms with Gasteiger partial charge in [0.15, 0.2) is 9.84 Å². The lowest BCUT2D eigenvalue weighted by Gasteiger charge is -2.26. The van der Waals surface area contributed by atoms with Gasteiger partial charge in [-0.2, -0.15) is 0 Å². The summed E-state index contributed by atoms with van der Waals surface area (Å²) in [6, 6.07) is 15.0. The number of sulfone groups is 1. The van der Waals surface area contributed by atoms with Gasteiger partial charge in [-0.15, -0.1) is 0 Å². The van der Waals surface area contributed by atoms with Crippen LogP contribution < -0.4 is 5.32 Å². The number of nitrogens with zero attached hydrogens (tertiary/aromatic N) is 1. The summed E-state index contributed by atoms with van der Waals surface area (Å²) in [5, 5.41) is 3.22. The molecule has 0 saturated carbocycles. The van der Waals surface area contributed by atoms with Gasteiger partial charge in [0.25, 0.3) is 5.91 Å². The summed E-state index contributed by atoms with van der Waals surface area (Å²) in [7, 11) is -1.48. The lowest BCUT2D eigenvalue weighted by atomic mass is 10.0. The number of rotatable bonds is 6. The van der Waals surface area contributed by atoms with Crippen LogP contribution in [-0.2, 0) is 14.6 Å². The fourth-order valence-electron chi connectivity index (χ4n) is 3.42. The molecule has 154 valence electrons. The minimum atomic E-state index is -3.09. The van der Waals surface area contributed by atoms with E-state index in [0.29, 0.717) is 17.0 Å². The van der Waals surface area contributed by atoms with Crippen LogP contribution in [0.2, 0.25) is 5.02 Å². The van der Waals surface area contributed by atoms with Gasteiger partial charge >= 0.3 is 0 Å². The minimum absolute atomic E-state index is 0.0166. The molecule has 1 aliphatic heterocycles. The molecule has 8 heteroatoms. The van der Waals surface area contributed by atoms with Crippen LogP contribution in [0.15, 0.2) is 54.6 Å². The number of amides is 2. The first-order chi connectivity index (χ1) is 13.8. The van der Waals surface area contributed by atoms with Gasteiger partial charge in [-0.05, 0) is 24.1 Å². The molecule has 1 N–H and O–H groups in total. The molecule has 6 nitrogen and oxygen atoms in total. The van der Waals surface area contributed by atoms with Crippen molar-refractivity contribution in [3.63, 3.8) is 0 Å². The van der Waals surface area contributed by atoms with Crippen molar-refractivity contribution in [3.8, 4) is 0 Å². The van der Waals surface area contributed by atoms with Crippen molar-refractivity contribution in [3.05, 3.63) is 70.7 Å². The molecule has 0 aliphatic carbocycles. The summed E-state index contributed by atoms with van der Waals surface area (Å²) >= 11 is 6.12. The van der Waals surface area contributed by atoms with E-state index in [1.165, 1.54) is 4.90 Å². The maximum atomic E-state index is 12.9. The SMILES string of the molecule is CN(C(=O)C[C@@H](NC(=O)c1ccccc1Cl)c1ccccc1)[C@H]1CCS(=O)(=O)C1. The van der Waals surface area contributed by atoms with E-state index in [9.17, 15) is 18.0 Å². The summed E-state index contributed by atoms with van der Waals surface area (Å²) in [5.41, 5.74) is 1.12. The van der Waals surface area contributed by atoms with E-state index in [1.54, 1.807) is 31.3 Å². The zero-order valence-corrected chi connectivity index (χ0v) is 17.6. The smallest absolute Gasteiger partial charge is 0.253 e. The third-order valence-electron chi connectivity index (χ3n) is 5.15. The van der Waals surface area contributed by atoms with Crippen LogP contribution in [0.3, 0.4) is 0 Å². The van der Waals surface area contributed by atoms with Gasteiger partial charge in [0.2, 0.25) is 5.91 Å². The van der Waals surface area contributed by atoms with Crippen LogP contribution in [0.4, 0.5) is 0 Å².